The van der Waals surface area contributed by atoms with Gasteiger partial charge in [0.15, 0.2) is 0 Å². The number of hydrogen-bond donors (Lipinski definition) is 2. The van der Waals surface area contributed by atoms with Crippen molar-refractivity contribution in [2.75, 3.05) is 6.54 Å². The first kappa shape index (κ1) is 11.9. The molecule has 16 heavy (non-hydrogen) atoms. The number of hydrogen-bond acceptors (Lipinski definition) is 2. The minimum Gasteiger partial charge on any atom is -0.388 e. The molecule has 2 rings (SSSR count). The van der Waals surface area contributed by atoms with Gasteiger partial charge < -0.3 is 5.73 Å². The van der Waals surface area contributed by atoms with Gasteiger partial charge in [-0.15, -0.1) is 0 Å². The van der Waals surface area contributed by atoms with E-state index in [2.05, 4.69) is 4.90 Å². The van der Waals surface area contributed by atoms with E-state index in [1.807, 2.05) is 0 Å². The molecule has 0 spiro atoms. The maximum absolute atomic E-state index is 7.36. The average molecular weight is 223 g/mol. The van der Waals surface area contributed by atoms with Crippen LogP contribution in [0, 0.1) is 5.41 Å². The Morgan fingerprint density at radius 2 is 1.56 bits per heavy atom. The maximum atomic E-state index is 7.36. The summed E-state index contributed by atoms with van der Waals surface area (Å²) in [7, 11) is 0. The molecule has 92 valence electrons. The van der Waals surface area contributed by atoms with Gasteiger partial charge in [0.25, 0.3) is 0 Å². The van der Waals surface area contributed by atoms with Crippen molar-refractivity contribution in [1.82, 2.24) is 4.90 Å². The van der Waals surface area contributed by atoms with E-state index < -0.39 is 0 Å². The van der Waals surface area contributed by atoms with E-state index in [1.165, 1.54) is 51.4 Å². The molecule has 3 N–H and O–H groups in total. The van der Waals surface area contributed by atoms with Crippen LogP contribution in [0.1, 0.15) is 57.8 Å². The summed E-state index contributed by atoms with van der Waals surface area (Å²) in [6.07, 6.45) is 11.9. The molecule has 0 saturated heterocycles. The van der Waals surface area contributed by atoms with Crippen molar-refractivity contribution >= 4 is 5.84 Å². The first-order valence-corrected chi connectivity index (χ1v) is 6.86. The quantitative estimate of drug-likeness (QED) is 0.427. The third-order valence-electron chi connectivity index (χ3n) is 3.95. The normalized spacial score (nSPS) is 23.3. The molecule has 0 atom stereocenters. The minimum atomic E-state index is 0.347. The van der Waals surface area contributed by atoms with Gasteiger partial charge in [0.05, 0.1) is 5.84 Å². The van der Waals surface area contributed by atoms with E-state index >= 15 is 0 Å². The van der Waals surface area contributed by atoms with Crippen LogP contribution in [-0.2, 0) is 0 Å². The topological polar surface area (TPSA) is 53.1 Å². The zero-order valence-corrected chi connectivity index (χ0v) is 10.3. The van der Waals surface area contributed by atoms with Crippen LogP contribution in [-0.4, -0.2) is 29.4 Å². The Labute approximate surface area is 98.9 Å². The largest absolute Gasteiger partial charge is 0.388 e. The second-order valence-corrected chi connectivity index (χ2v) is 5.39. The minimum absolute atomic E-state index is 0.347. The Bertz CT molecular complexity index is 227. The summed E-state index contributed by atoms with van der Waals surface area (Å²) in [4.78, 5) is 2.66. The molecule has 0 heterocycles. The Balaban J connectivity index is 1.86. The van der Waals surface area contributed by atoms with Crippen LogP contribution >= 0.6 is 0 Å². The first-order chi connectivity index (χ1) is 7.77. The molecule has 2 saturated carbocycles. The molecule has 0 unspecified atom stereocenters. The molecule has 0 amide bonds. The van der Waals surface area contributed by atoms with Crippen molar-refractivity contribution < 1.29 is 0 Å². The van der Waals surface area contributed by atoms with Gasteiger partial charge in [-0.05, 0) is 25.7 Å². The van der Waals surface area contributed by atoms with Crippen molar-refractivity contribution in [3.8, 4) is 0 Å². The van der Waals surface area contributed by atoms with Crippen LogP contribution in [0.4, 0.5) is 0 Å². The second kappa shape index (κ2) is 5.67. The van der Waals surface area contributed by atoms with E-state index in [0.717, 1.165) is 25.0 Å². The molecule has 0 aromatic rings. The molecule has 2 aliphatic carbocycles. The molecule has 0 aromatic carbocycles. The highest BCUT2D eigenvalue weighted by molar-refractivity contribution is 5.76. The Morgan fingerprint density at radius 1 is 1.00 bits per heavy atom. The van der Waals surface area contributed by atoms with Crippen LogP contribution in [0.2, 0.25) is 0 Å². The molecule has 0 radical (unpaired) electrons. The van der Waals surface area contributed by atoms with Crippen LogP contribution < -0.4 is 5.73 Å². The highest BCUT2D eigenvalue weighted by Gasteiger charge is 2.33. The summed E-state index contributed by atoms with van der Waals surface area (Å²) in [6.45, 7) is 1.02. The van der Waals surface area contributed by atoms with Crippen molar-refractivity contribution in [3.63, 3.8) is 0 Å². The van der Waals surface area contributed by atoms with Crippen LogP contribution in [0.25, 0.3) is 0 Å². The lowest BCUT2D eigenvalue weighted by molar-refractivity contribution is 0.174. The lowest BCUT2D eigenvalue weighted by atomic mass is 10.1. The molecule has 2 fully saturated rings. The van der Waals surface area contributed by atoms with Crippen molar-refractivity contribution in [1.29, 1.82) is 5.41 Å². The second-order valence-electron chi connectivity index (χ2n) is 5.39. The fourth-order valence-corrected chi connectivity index (χ4v) is 2.91. The number of nitrogens with two attached hydrogens (primary N) is 1. The summed E-state index contributed by atoms with van der Waals surface area (Å²) in [5.74, 6) is 0.347. The number of nitrogens with zero attached hydrogens (tertiary/aromatic N) is 1. The zero-order chi connectivity index (χ0) is 11.4. The first-order valence-electron chi connectivity index (χ1n) is 6.86. The zero-order valence-electron chi connectivity index (χ0n) is 10.3. The van der Waals surface area contributed by atoms with Crippen LogP contribution in [0.3, 0.4) is 0 Å². The third-order valence-corrected chi connectivity index (χ3v) is 3.95. The molecule has 0 aliphatic heterocycles. The fourth-order valence-electron chi connectivity index (χ4n) is 2.91. The summed E-state index contributed by atoms with van der Waals surface area (Å²) in [5.41, 5.74) is 5.48. The van der Waals surface area contributed by atoms with E-state index in [4.69, 9.17) is 11.1 Å². The molecule has 2 aliphatic rings. The van der Waals surface area contributed by atoms with E-state index in [1.54, 1.807) is 0 Å². The SMILES string of the molecule is N=C(N)CCN(C1CCCCCC1)C1CC1. The maximum Gasteiger partial charge on any atom is 0.0918 e. The number of nitrogens with one attached hydrogen (secondary N) is 1. The van der Waals surface area contributed by atoms with Crippen molar-refractivity contribution in [3.05, 3.63) is 0 Å². The van der Waals surface area contributed by atoms with E-state index in [-0.39, 0.29) is 0 Å². The summed E-state index contributed by atoms with van der Waals surface area (Å²) in [5, 5.41) is 7.36. The van der Waals surface area contributed by atoms with Crippen molar-refractivity contribution in [2.24, 2.45) is 5.73 Å². The number of amidine groups is 1. The van der Waals surface area contributed by atoms with Gasteiger partial charge in [0, 0.05) is 25.0 Å². The smallest absolute Gasteiger partial charge is 0.0918 e. The van der Waals surface area contributed by atoms with Crippen LogP contribution in [0.15, 0.2) is 0 Å². The molecule has 0 aromatic heterocycles. The predicted octanol–water partition coefficient (Wildman–Crippen LogP) is 2.50. The van der Waals surface area contributed by atoms with Gasteiger partial charge in [0.1, 0.15) is 0 Å². The Kier molecular flexibility index (Phi) is 4.22. The van der Waals surface area contributed by atoms with Gasteiger partial charge in [-0.25, -0.2) is 0 Å². The fraction of sp³-hybridized carbons (Fsp3) is 0.923. The van der Waals surface area contributed by atoms with Crippen molar-refractivity contribution in [2.45, 2.75) is 69.9 Å². The third kappa shape index (κ3) is 3.48. The van der Waals surface area contributed by atoms with E-state index in [9.17, 15) is 0 Å². The molecule has 0 bridgehead atoms. The van der Waals surface area contributed by atoms with Gasteiger partial charge in [0.2, 0.25) is 0 Å². The number of rotatable bonds is 5. The lowest BCUT2D eigenvalue weighted by Gasteiger charge is -2.31. The molecular weight excluding hydrogens is 198 g/mol. The predicted molar refractivity (Wildman–Crippen MR) is 67.7 cm³/mol. The Morgan fingerprint density at radius 3 is 2.06 bits per heavy atom. The van der Waals surface area contributed by atoms with E-state index in [0.29, 0.717) is 5.84 Å². The highest BCUT2D eigenvalue weighted by atomic mass is 15.2. The van der Waals surface area contributed by atoms with Crippen LogP contribution in [0.5, 0.6) is 0 Å². The molecular formula is C13H25N3. The lowest BCUT2D eigenvalue weighted by Crippen LogP contribution is -2.39. The summed E-state index contributed by atoms with van der Waals surface area (Å²) < 4.78 is 0. The average Bonchev–Trinajstić information content (AvgIpc) is 3.03. The standard InChI is InChI=1S/C13H25N3/c14-13(15)9-10-16(12-7-8-12)11-5-3-1-2-4-6-11/h11-12H,1-10H2,(H3,14,15). The monoisotopic (exact) mass is 223 g/mol. The summed E-state index contributed by atoms with van der Waals surface area (Å²) in [6, 6.07) is 1.61. The summed E-state index contributed by atoms with van der Waals surface area (Å²) >= 11 is 0. The highest BCUT2D eigenvalue weighted by Crippen LogP contribution is 2.33. The van der Waals surface area contributed by atoms with Gasteiger partial charge in [-0.1, -0.05) is 25.7 Å². The van der Waals surface area contributed by atoms with Gasteiger partial charge >= 0.3 is 0 Å². The molecule has 3 nitrogen and oxygen atoms in total. The van der Waals surface area contributed by atoms with Gasteiger partial charge in [-0.3, -0.25) is 10.3 Å². The Hall–Kier alpha value is -0.570. The molecule has 3 heteroatoms. The van der Waals surface area contributed by atoms with Gasteiger partial charge in [-0.2, -0.15) is 0 Å².